The van der Waals surface area contributed by atoms with Gasteiger partial charge in [0.1, 0.15) is 0 Å². The van der Waals surface area contributed by atoms with Crippen LogP contribution in [0.5, 0.6) is 11.5 Å². The van der Waals surface area contributed by atoms with Gasteiger partial charge in [-0.3, -0.25) is 4.79 Å². The molecule has 4 nitrogen and oxygen atoms in total. The first-order valence-electron chi connectivity index (χ1n) is 5.39. The van der Waals surface area contributed by atoms with Crippen molar-refractivity contribution in [2.45, 2.75) is 25.3 Å². The lowest BCUT2D eigenvalue weighted by Crippen LogP contribution is -2.41. The van der Waals surface area contributed by atoms with Gasteiger partial charge >= 0.3 is 0 Å². The second-order valence-corrected chi connectivity index (χ2v) is 4.17. The van der Waals surface area contributed by atoms with E-state index in [-0.39, 0.29) is 29.0 Å². The third kappa shape index (κ3) is 1.71. The molecule has 16 heavy (non-hydrogen) atoms. The van der Waals surface area contributed by atoms with Gasteiger partial charge in [0.25, 0.3) is 5.91 Å². The van der Waals surface area contributed by atoms with E-state index in [4.69, 9.17) is 0 Å². The van der Waals surface area contributed by atoms with E-state index < -0.39 is 0 Å². The van der Waals surface area contributed by atoms with Gasteiger partial charge in [0.15, 0.2) is 11.5 Å². The van der Waals surface area contributed by atoms with E-state index in [0.717, 1.165) is 19.3 Å². The molecule has 0 aliphatic heterocycles. The first kappa shape index (κ1) is 10.8. The predicted molar refractivity (Wildman–Crippen MR) is 59.5 cm³/mol. The normalized spacial score (nSPS) is 15.6. The number of nitrogens with zero attached hydrogens (tertiary/aromatic N) is 1. The number of phenols is 2. The van der Waals surface area contributed by atoms with Crippen LogP contribution in [0.3, 0.4) is 0 Å². The topological polar surface area (TPSA) is 60.8 Å². The number of carbonyl (C=O) groups is 1. The molecular formula is C12H15NO3. The monoisotopic (exact) mass is 221 g/mol. The van der Waals surface area contributed by atoms with Crippen molar-refractivity contribution >= 4 is 5.91 Å². The van der Waals surface area contributed by atoms with Gasteiger partial charge in [-0.25, -0.2) is 0 Å². The zero-order valence-corrected chi connectivity index (χ0v) is 9.18. The Morgan fingerprint density at radius 3 is 2.62 bits per heavy atom. The maximum atomic E-state index is 12.0. The highest BCUT2D eigenvalue weighted by molar-refractivity contribution is 5.97. The Morgan fingerprint density at radius 1 is 1.38 bits per heavy atom. The summed E-state index contributed by atoms with van der Waals surface area (Å²) in [5.41, 5.74) is 0.161. The van der Waals surface area contributed by atoms with Crippen LogP contribution in [-0.4, -0.2) is 34.1 Å². The van der Waals surface area contributed by atoms with Crippen LogP contribution >= 0.6 is 0 Å². The Bertz CT molecular complexity index is 413. The molecule has 0 radical (unpaired) electrons. The smallest absolute Gasteiger partial charge is 0.257 e. The summed E-state index contributed by atoms with van der Waals surface area (Å²) in [4.78, 5) is 13.6. The Labute approximate surface area is 94.1 Å². The molecule has 1 aliphatic rings. The fraction of sp³-hybridized carbons (Fsp3) is 0.417. The fourth-order valence-corrected chi connectivity index (χ4v) is 1.83. The van der Waals surface area contributed by atoms with E-state index >= 15 is 0 Å². The quantitative estimate of drug-likeness (QED) is 0.747. The maximum Gasteiger partial charge on any atom is 0.257 e. The lowest BCUT2D eigenvalue weighted by atomic mass is 9.91. The first-order valence-corrected chi connectivity index (χ1v) is 5.39. The summed E-state index contributed by atoms with van der Waals surface area (Å²) in [5.74, 6) is -0.829. The van der Waals surface area contributed by atoms with Crippen LogP contribution in [0, 0.1) is 0 Å². The molecule has 2 rings (SSSR count). The average molecular weight is 221 g/mol. The molecule has 0 aromatic heterocycles. The third-order valence-corrected chi connectivity index (χ3v) is 3.19. The van der Waals surface area contributed by atoms with Crippen molar-refractivity contribution in [2.75, 3.05) is 7.05 Å². The molecule has 1 amide bonds. The largest absolute Gasteiger partial charge is 0.504 e. The van der Waals surface area contributed by atoms with Crippen LogP contribution in [0.2, 0.25) is 0 Å². The second kappa shape index (κ2) is 4.04. The predicted octanol–water partition coefficient (Wildman–Crippen LogP) is 1.72. The lowest BCUT2D eigenvalue weighted by Gasteiger charge is -2.34. The number of amides is 1. The summed E-state index contributed by atoms with van der Waals surface area (Å²) >= 11 is 0. The van der Waals surface area contributed by atoms with E-state index in [1.54, 1.807) is 18.0 Å². The SMILES string of the molecule is CN(C(=O)c1cccc(O)c1O)C1CCC1. The lowest BCUT2D eigenvalue weighted by molar-refractivity contribution is 0.0648. The van der Waals surface area contributed by atoms with Gasteiger partial charge in [-0.1, -0.05) is 6.07 Å². The van der Waals surface area contributed by atoms with Crippen LogP contribution in [-0.2, 0) is 0 Å². The third-order valence-electron chi connectivity index (χ3n) is 3.19. The van der Waals surface area contributed by atoms with E-state index in [0.29, 0.717) is 0 Å². The van der Waals surface area contributed by atoms with Gasteiger partial charge in [-0.15, -0.1) is 0 Å². The Kier molecular flexibility index (Phi) is 2.73. The van der Waals surface area contributed by atoms with Crippen molar-refractivity contribution < 1.29 is 15.0 Å². The minimum atomic E-state index is -0.335. The summed E-state index contributed by atoms with van der Waals surface area (Å²) in [6.45, 7) is 0. The van der Waals surface area contributed by atoms with Gasteiger partial charge in [0.2, 0.25) is 0 Å². The van der Waals surface area contributed by atoms with Gasteiger partial charge in [0, 0.05) is 13.1 Å². The Balaban J connectivity index is 2.22. The van der Waals surface area contributed by atoms with Crippen molar-refractivity contribution in [3.8, 4) is 11.5 Å². The van der Waals surface area contributed by atoms with Crippen LogP contribution in [0.1, 0.15) is 29.6 Å². The zero-order valence-electron chi connectivity index (χ0n) is 9.18. The van der Waals surface area contributed by atoms with Crippen molar-refractivity contribution in [3.63, 3.8) is 0 Å². The molecule has 0 spiro atoms. The maximum absolute atomic E-state index is 12.0. The van der Waals surface area contributed by atoms with Crippen LogP contribution in [0.4, 0.5) is 0 Å². The summed E-state index contributed by atoms with van der Waals surface area (Å²) < 4.78 is 0. The molecule has 1 aliphatic carbocycles. The van der Waals surface area contributed by atoms with Crippen LogP contribution < -0.4 is 0 Å². The number of aromatic hydroxyl groups is 2. The number of hydrogen-bond acceptors (Lipinski definition) is 3. The van der Waals surface area contributed by atoms with Gasteiger partial charge in [-0.2, -0.15) is 0 Å². The number of benzene rings is 1. The molecule has 0 atom stereocenters. The first-order chi connectivity index (χ1) is 7.61. The zero-order chi connectivity index (χ0) is 11.7. The standard InChI is InChI=1S/C12H15NO3/c1-13(8-4-2-5-8)12(16)9-6-3-7-10(14)11(9)15/h3,6-8,14-15H,2,4-5H2,1H3. The van der Waals surface area contributed by atoms with Crippen molar-refractivity contribution in [2.24, 2.45) is 0 Å². The minimum absolute atomic E-state index is 0.161. The summed E-state index contributed by atoms with van der Waals surface area (Å²) in [7, 11) is 1.73. The number of rotatable bonds is 2. The van der Waals surface area contributed by atoms with Crippen molar-refractivity contribution in [3.05, 3.63) is 23.8 Å². The number of hydrogen-bond donors (Lipinski definition) is 2. The summed E-state index contributed by atoms with van der Waals surface area (Å²) in [6, 6.07) is 4.70. The summed E-state index contributed by atoms with van der Waals surface area (Å²) in [6.07, 6.45) is 3.18. The van der Waals surface area contributed by atoms with E-state index in [9.17, 15) is 15.0 Å². The Morgan fingerprint density at radius 2 is 2.06 bits per heavy atom. The van der Waals surface area contributed by atoms with Gasteiger partial charge in [-0.05, 0) is 31.4 Å². The molecule has 2 N–H and O–H groups in total. The van der Waals surface area contributed by atoms with Crippen LogP contribution in [0.15, 0.2) is 18.2 Å². The molecule has 0 bridgehead atoms. The molecule has 0 heterocycles. The highest BCUT2D eigenvalue weighted by atomic mass is 16.3. The van der Waals surface area contributed by atoms with E-state index in [1.165, 1.54) is 12.1 Å². The second-order valence-electron chi connectivity index (χ2n) is 4.17. The average Bonchev–Trinajstić information content (AvgIpc) is 2.18. The molecule has 0 unspecified atom stereocenters. The molecule has 0 saturated heterocycles. The molecule has 1 aromatic carbocycles. The summed E-state index contributed by atoms with van der Waals surface area (Å²) in [5, 5.41) is 18.9. The fourth-order valence-electron chi connectivity index (χ4n) is 1.83. The Hall–Kier alpha value is -1.71. The molecule has 1 fully saturated rings. The van der Waals surface area contributed by atoms with Crippen molar-refractivity contribution in [1.82, 2.24) is 4.90 Å². The van der Waals surface area contributed by atoms with Gasteiger partial charge < -0.3 is 15.1 Å². The highest BCUT2D eigenvalue weighted by Crippen LogP contribution is 2.31. The molecule has 1 aromatic rings. The highest BCUT2D eigenvalue weighted by Gasteiger charge is 2.27. The molecule has 86 valence electrons. The number of phenolic OH excluding ortho intramolecular Hbond substituents is 2. The van der Waals surface area contributed by atoms with Crippen LogP contribution in [0.25, 0.3) is 0 Å². The molecule has 1 saturated carbocycles. The van der Waals surface area contributed by atoms with E-state index in [1.807, 2.05) is 0 Å². The van der Waals surface area contributed by atoms with Crippen molar-refractivity contribution in [1.29, 1.82) is 0 Å². The molecular weight excluding hydrogens is 206 g/mol. The van der Waals surface area contributed by atoms with Gasteiger partial charge in [0.05, 0.1) is 5.56 Å². The molecule has 4 heteroatoms. The van der Waals surface area contributed by atoms with E-state index in [2.05, 4.69) is 0 Å². The number of para-hydroxylation sites is 1. The number of carbonyl (C=O) groups excluding carboxylic acids is 1. The minimum Gasteiger partial charge on any atom is -0.504 e.